The Bertz CT molecular complexity index is 342. The molecule has 0 unspecified atom stereocenters. The van der Waals surface area contributed by atoms with Crippen molar-refractivity contribution in [3.63, 3.8) is 0 Å². The van der Waals surface area contributed by atoms with Crippen LogP contribution in [0.25, 0.3) is 0 Å². The number of carbonyl (C=O) groups is 1. The second kappa shape index (κ2) is 8.70. The van der Waals surface area contributed by atoms with E-state index in [0.717, 1.165) is 6.42 Å². The molecule has 0 aromatic carbocycles. The number of hydrogen-bond donors (Lipinski definition) is 1. The first-order valence-electron chi connectivity index (χ1n) is 8.04. The molecule has 1 amide bonds. The van der Waals surface area contributed by atoms with Gasteiger partial charge in [0.1, 0.15) is 11.7 Å². The second-order valence-corrected chi connectivity index (χ2v) is 6.54. The summed E-state index contributed by atoms with van der Waals surface area (Å²) in [5.41, 5.74) is -0.519. The molecule has 1 aliphatic carbocycles. The number of carbonyl (C=O) groups excluding carboxylic acids is 1. The van der Waals surface area contributed by atoms with Gasteiger partial charge < -0.3 is 24.3 Å². The van der Waals surface area contributed by atoms with Gasteiger partial charge in [-0.05, 0) is 41.0 Å². The predicted octanol–water partition coefficient (Wildman–Crippen LogP) is 2.36. The van der Waals surface area contributed by atoms with Crippen LogP contribution in [0.1, 0.15) is 41.0 Å². The Morgan fingerprint density at radius 2 is 1.73 bits per heavy atom. The van der Waals surface area contributed by atoms with Crippen molar-refractivity contribution >= 4 is 6.09 Å². The number of nitrogens with one attached hydrogen (secondary N) is 1. The van der Waals surface area contributed by atoms with E-state index in [0.29, 0.717) is 19.8 Å². The van der Waals surface area contributed by atoms with E-state index in [4.69, 9.17) is 18.9 Å². The number of methoxy groups -OCH3 is 1. The predicted molar refractivity (Wildman–Crippen MR) is 84.0 cm³/mol. The number of rotatable bonds is 7. The Kier molecular flexibility index (Phi) is 7.59. The van der Waals surface area contributed by atoms with E-state index in [9.17, 15) is 4.79 Å². The molecule has 0 spiro atoms. The molecule has 0 saturated heterocycles. The van der Waals surface area contributed by atoms with Crippen molar-refractivity contribution in [2.24, 2.45) is 5.92 Å². The van der Waals surface area contributed by atoms with Gasteiger partial charge in [0.15, 0.2) is 0 Å². The molecule has 0 radical (unpaired) electrons. The number of hydrogen-bond acceptors (Lipinski definition) is 5. The summed E-state index contributed by atoms with van der Waals surface area (Å²) in [6.45, 7) is 11.2. The van der Waals surface area contributed by atoms with Crippen molar-refractivity contribution in [2.45, 2.75) is 64.9 Å². The van der Waals surface area contributed by atoms with Gasteiger partial charge in [-0.2, -0.15) is 0 Å². The third-order valence-electron chi connectivity index (χ3n) is 3.54. The van der Waals surface area contributed by atoms with Crippen LogP contribution in [0.15, 0.2) is 0 Å². The minimum absolute atomic E-state index is 0.0789. The largest absolute Gasteiger partial charge is 0.444 e. The molecule has 130 valence electrons. The summed E-state index contributed by atoms with van der Waals surface area (Å²) in [5.74, 6) is 0.196. The SMILES string of the molecule is CCO[C@@H]1[C@@H](COC)C[C@@H](NC(=O)OC(C)(C)C)[C@@H]1OCC. The Morgan fingerprint density at radius 3 is 2.23 bits per heavy atom. The zero-order chi connectivity index (χ0) is 16.8. The van der Waals surface area contributed by atoms with Gasteiger partial charge in [-0.1, -0.05) is 0 Å². The molecule has 0 bridgehead atoms. The van der Waals surface area contributed by atoms with E-state index in [1.807, 2.05) is 34.6 Å². The quantitative estimate of drug-likeness (QED) is 0.781. The van der Waals surface area contributed by atoms with Gasteiger partial charge in [-0.3, -0.25) is 0 Å². The molecule has 0 aliphatic heterocycles. The molecule has 4 atom stereocenters. The number of alkyl carbamates (subject to hydrolysis) is 1. The maximum absolute atomic E-state index is 12.0. The molecule has 0 aromatic rings. The molecule has 6 heteroatoms. The zero-order valence-corrected chi connectivity index (χ0v) is 14.7. The lowest BCUT2D eigenvalue weighted by Crippen LogP contribution is -2.47. The van der Waals surface area contributed by atoms with Crippen LogP contribution in [-0.4, -0.2) is 56.9 Å². The highest BCUT2D eigenvalue weighted by Crippen LogP contribution is 2.32. The first-order chi connectivity index (χ1) is 10.3. The van der Waals surface area contributed by atoms with Gasteiger partial charge in [-0.25, -0.2) is 4.79 Å². The van der Waals surface area contributed by atoms with Gasteiger partial charge in [0.05, 0.1) is 18.8 Å². The highest BCUT2D eigenvalue weighted by atomic mass is 16.6. The van der Waals surface area contributed by atoms with Gasteiger partial charge >= 0.3 is 6.09 Å². The van der Waals surface area contributed by atoms with Gasteiger partial charge in [0.25, 0.3) is 0 Å². The molecule has 0 aromatic heterocycles. The first-order valence-corrected chi connectivity index (χ1v) is 8.04. The lowest BCUT2D eigenvalue weighted by molar-refractivity contribution is -0.0798. The average Bonchev–Trinajstić information content (AvgIpc) is 2.67. The molecular weight excluding hydrogens is 286 g/mol. The summed E-state index contributed by atoms with van der Waals surface area (Å²) in [7, 11) is 1.67. The Balaban J connectivity index is 2.75. The van der Waals surface area contributed by atoms with Crippen LogP contribution in [0, 0.1) is 5.92 Å². The lowest BCUT2D eigenvalue weighted by atomic mass is 10.1. The van der Waals surface area contributed by atoms with Crippen LogP contribution in [0.3, 0.4) is 0 Å². The molecule has 1 saturated carbocycles. The summed E-state index contributed by atoms with van der Waals surface area (Å²) in [6, 6.07) is -0.133. The van der Waals surface area contributed by atoms with Crippen LogP contribution in [-0.2, 0) is 18.9 Å². The van der Waals surface area contributed by atoms with Crippen LogP contribution >= 0.6 is 0 Å². The van der Waals surface area contributed by atoms with Crippen molar-refractivity contribution in [2.75, 3.05) is 26.9 Å². The van der Waals surface area contributed by atoms with Crippen LogP contribution < -0.4 is 5.32 Å². The fourth-order valence-electron chi connectivity index (χ4n) is 2.90. The minimum Gasteiger partial charge on any atom is -0.444 e. The first kappa shape index (κ1) is 19.2. The summed E-state index contributed by atoms with van der Waals surface area (Å²) in [4.78, 5) is 12.0. The Morgan fingerprint density at radius 1 is 1.14 bits per heavy atom. The van der Waals surface area contributed by atoms with E-state index in [1.54, 1.807) is 7.11 Å². The molecular formula is C16H31NO5. The standard InChI is InChI=1S/C16H31NO5/c1-7-20-13-11(10-19-6)9-12(14(13)21-8-2)17-15(18)22-16(3,4)5/h11-14H,7-10H2,1-6H3,(H,17,18)/t11-,12-,13-,14+/m1/s1. The maximum atomic E-state index is 12.0. The van der Waals surface area contributed by atoms with E-state index in [-0.39, 0.29) is 24.2 Å². The third-order valence-corrected chi connectivity index (χ3v) is 3.54. The fraction of sp³-hybridized carbons (Fsp3) is 0.938. The number of amides is 1. The molecule has 22 heavy (non-hydrogen) atoms. The zero-order valence-electron chi connectivity index (χ0n) is 14.7. The van der Waals surface area contributed by atoms with Gasteiger partial charge in [-0.15, -0.1) is 0 Å². The monoisotopic (exact) mass is 317 g/mol. The number of ether oxygens (including phenoxy) is 4. The maximum Gasteiger partial charge on any atom is 0.407 e. The van der Waals surface area contributed by atoms with E-state index < -0.39 is 11.7 Å². The van der Waals surface area contributed by atoms with Crippen molar-refractivity contribution < 1.29 is 23.7 Å². The second-order valence-electron chi connectivity index (χ2n) is 6.54. The molecule has 1 aliphatic rings. The lowest BCUT2D eigenvalue weighted by Gasteiger charge is -2.27. The van der Waals surface area contributed by atoms with Crippen molar-refractivity contribution in [3.8, 4) is 0 Å². The Hall–Kier alpha value is -0.850. The van der Waals surface area contributed by atoms with Crippen LogP contribution in [0.4, 0.5) is 4.79 Å². The highest BCUT2D eigenvalue weighted by Gasteiger charge is 2.45. The summed E-state index contributed by atoms with van der Waals surface area (Å²) in [5, 5.41) is 2.93. The molecule has 1 N–H and O–H groups in total. The van der Waals surface area contributed by atoms with Crippen LogP contribution in [0.2, 0.25) is 0 Å². The van der Waals surface area contributed by atoms with E-state index in [1.165, 1.54) is 0 Å². The Labute approximate surface area is 133 Å². The van der Waals surface area contributed by atoms with Crippen molar-refractivity contribution in [1.82, 2.24) is 5.32 Å². The molecule has 6 nitrogen and oxygen atoms in total. The van der Waals surface area contributed by atoms with Crippen molar-refractivity contribution in [3.05, 3.63) is 0 Å². The van der Waals surface area contributed by atoms with Crippen LogP contribution in [0.5, 0.6) is 0 Å². The van der Waals surface area contributed by atoms with E-state index in [2.05, 4.69) is 5.32 Å². The molecule has 1 rings (SSSR count). The summed E-state index contributed by atoms with van der Waals surface area (Å²) < 4.78 is 22.3. The smallest absolute Gasteiger partial charge is 0.407 e. The summed E-state index contributed by atoms with van der Waals surface area (Å²) >= 11 is 0. The van der Waals surface area contributed by atoms with Gasteiger partial charge in [0, 0.05) is 26.2 Å². The molecule has 0 heterocycles. The average molecular weight is 317 g/mol. The summed E-state index contributed by atoms with van der Waals surface area (Å²) in [6.07, 6.45) is 0.0700. The normalized spacial score (nSPS) is 28.6. The van der Waals surface area contributed by atoms with Gasteiger partial charge in [0.2, 0.25) is 0 Å². The highest BCUT2D eigenvalue weighted by molar-refractivity contribution is 5.68. The minimum atomic E-state index is -0.519. The topological polar surface area (TPSA) is 66.0 Å². The van der Waals surface area contributed by atoms with E-state index >= 15 is 0 Å². The third kappa shape index (κ3) is 5.74. The molecule has 1 fully saturated rings. The van der Waals surface area contributed by atoms with Crippen molar-refractivity contribution in [1.29, 1.82) is 0 Å². The fourth-order valence-corrected chi connectivity index (χ4v) is 2.90.